The zero-order chi connectivity index (χ0) is 20.5. The van der Waals surface area contributed by atoms with Crippen molar-refractivity contribution in [3.8, 4) is 23.0 Å². The second kappa shape index (κ2) is 9.86. The van der Waals surface area contributed by atoms with Gasteiger partial charge in [-0.2, -0.15) is 0 Å². The molecule has 8 heteroatoms. The third-order valence-corrected chi connectivity index (χ3v) is 3.79. The van der Waals surface area contributed by atoms with Crippen molar-refractivity contribution in [2.75, 3.05) is 27.4 Å². The molecule has 8 nitrogen and oxygen atoms in total. The van der Waals surface area contributed by atoms with E-state index in [1.165, 1.54) is 14.2 Å². The number of nitrogen functional groups attached to an aromatic ring is 2. The van der Waals surface area contributed by atoms with Gasteiger partial charge in [-0.05, 0) is 48.6 Å². The average molecular weight is 384 g/mol. The highest BCUT2D eigenvalue weighted by atomic mass is 16.5. The van der Waals surface area contributed by atoms with Crippen LogP contribution in [0.15, 0.2) is 48.6 Å². The van der Waals surface area contributed by atoms with Crippen LogP contribution in [-0.4, -0.2) is 39.1 Å². The number of hydrogen-bond donors (Lipinski definition) is 4. The lowest BCUT2D eigenvalue weighted by atomic mass is 10.2. The summed E-state index contributed by atoms with van der Waals surface area (Å²) in [6.07, 6.45) is 3.63. The molecule has 0 spiro atoms. The molecule has 0 bridgehead atoms. The summed E-state index contributed by atoms with van der Waals surface area (Å²) in [7, 11) is 3.06. The van der Waals surface area contributed by atoms with Gasteiger partial charge in [0.25, 0.3) is 0 Å². The van der Waals surface area contributed by atoms with Crippen molar-refractivity contribution in [3.05, 3.63) is 59.7 Å². The second-order valence-corrected chi connectivity index (χ2v) is 5.65. The van der Waals surface area contributed by atoms with Gasteiger partial charge in [-0.25, -0.2) is 0 Å². The van der Waals surface area contributed by atoms with Crippen LogP contribution in [0.5, 0.6) is 23.0 Å². The van der Waals surface area contributed by atoms with Gasteiger partial charge in [0.1, 0.15) is 24.9 Å². The Labute approximate surface area is 163 Å². The van der Waals surface area contributed by atoms with Gasteiger partial charge < -0.3 is 30.4 Å². The lowest BCUT2D eigenvalue weighted by Gasteiger charge is -2.11. The molecule has 0 aliphatic rings. The molecule has 0 amide bonds. The molecular formula is C20H24N4O4. The van der Waals surface area contributed by atoms with Gasteiger partial charge in [0, 0.05) is 11.1 Å². The van der Waals surface area contributed by atoms with Crippen molar-refractivity contribution in [2.24, 2.45) is 11.5 Å². The predicted molar refractivity (Wildman–Crippen MR) is 108 cm³/mol. The van der Waals surface area contributed by atoms with Crippen LogP contribution in [0.25, 0.3) is 0 Å². The van der Waals surface area contributed by atoms with E-state index >= 15 is 0 Å². The van der Waals surface area contributed by atoms with Crippen molar-refractivity contribution in [2.45, 2.75) is 0 Å². The van der Waals surface area contributed by atoms with Crippen molar-refractivity contribution in [3.63, 3.8) is 0 Å². The van der Waals surface area contributed by atoms with Crippen LogP contribution in [0, 0.1) is 10.8 Å². The van der Waals surface area contributed by atoms with Crippen LogP contribution in [-0.2, 0) is 0 Å². The molecule has 6 N–H and O–H groups in total. The highest BCUT2D eigenvalue weighted by Crippen LogP contribution is 2.29. The SMILES string of the molecule is COc1cc(C(=N)N)ccc1OC/C=C/COc1ccc(C(=N)N)cc1OC. The zero-order valence-electron chi connectivity index (χ0n) is 15.8. The fraction of sp³-hybridized carbons (Fsp3) is 0.200. The van der Waals surface area contributed by atoms with E-state index in [4.69, 9.17) is 41.2 Å². The number of methoxy groups -OCH3 is 2. The molecule has 0 saturated carbocycles. The fourth-order valence-electron chi connectivity index (χ4n) is 2.32. The van der Waals surface area contributed by atoms with Crippen molar-refractivity contribution in [1.29, 1.82) is 10.8 Å². The Morgan fingerprint density at radius 3 is 1.46 bits per heavy atom. The lowest BCUT2D eigenvalue weighted by Crippen LogP contribution is -2.11. The molecule has 0 fully saturated rings. The smallest absolute Gasteiger partial charge is 0.161 e. The molecule has 148 valence electrons. The van der Waals surface area contributed by atoms with Crippen LogP contribution >= 0.6 is 0 Å². The quantitative estimate of drug-likeness (QED) is 0.282. The summed E-state index contributed by atoms with van der Waals surface area (Å²) in [6.45, 7) is 0.638. The first-order valence-corrected chi connectivity index (χ1v) is 8.41. The van der Waals surface area contributed by atoms with E-state index in [0.717, 1.165) is 0 Å². The first-order chi connectivity index (χ1) is 13.5. The maximum absolute atomic E-state index is 7.46. The number of benzene rings is 2. The van der Waals surface area contributed by atoms with Gasteiger partial charge in [-0.1, -0.05) is 0 Å². The van der Waals surface area contributed by atoms with E-state index in [9.17, 15) is 0 Å². The molecular weight excluding hydrogens is 360 g/mol. The molecule has 0 aliphatic carbocycles. The van der Waals surface area contributed by atoms with Gasteiger partial charge in [0.05, 0.1) is 14.2 Å². The maximum Gasteiger partial charge on any atom is 0.161 e. The number of ether oxygens (including phenoxy) is 4. The van der Waals surface area contributed by atoms with Crippen LogP contribution in [0.1, 0.15) is 11.1 Å². The Bertz CT molecular complexity index is 809. The van der Waals surface area contributed by atoms with Crippen LogP contribution in [0.4, 0.5) is 0 Å². The maximum atomic E-state index is 7.46. The minimum absolute atomic E-state index is 0.0336. The first kappa shape index (κ1) is 20.6. The highest BCUT2D eigenvalue weighted by Gasteiger charge is 2.08. The average Bonchev–Trinajstić information content (AvgIpc) is 2.70. The molecule has 0 aliphatic heterocycles. The van der Waals surface area contributed by atoms with Gasteiger partial charge in [-0.15, -0.1) is 0 Å². The Morgan fingerprint density at radius 1 is 0.750 bits per heavy atom. The summed E-state index contributed by atoms with van der Waals surface area (Å²) >= 11 is 0. The molecule has 0 heterocycles. The van der Waals surface area contributed by atoms with E-state index < -0.39 is 0 Å². The Balaban J connectivity index is 1.88. The lowest BCUT2D eigenvalue weighted by molar-refractivity contribution is 0.318. The normalized spacial score (nSPS) is 10.5. The summed E-state index contributed by atoms with van der Waals surface area (Å²) in [5.74, 6) is 2.06. The number of nitrogens with two attached hydrogens (primary N) is 2. The van der Waals surface area contributed by atoms with Crippen molar-refractivity contribution < 1.29 is 18.9 Å². The van der Waals surface area contributed by atoms with Gasteiger partial charge >= 0.3 is 0 Å². The molecule has 0 atom stereocenters. The molecule has 0 radical (unpaired) electrons. The largest absolute Gasteiger partial charge is 0.493 e. The van der Waals surface area contributed by atoms with Crippen molar-refractivity contribution >= 4 is 11.7 Å². The minimum atomic E-state index is -0.0336. The Kier molecular flexibility index (Phi) is 7.27. The topological polar surface area (TPSA) is 137 Å². The molecule has 2 aromatic rings. The third kappa shape index (κ3) is 5.41. The summed E-state index contributed by atoms with van der Waals surface area (Å²) in [5, 5.41) is 14.9. The summed E-state index contributed by atoms with van der Waals surface area (Å²) < 4.78 is 21.8. The molecule has 0 aromatic heterocycles. The van der Waals surface area contributed by atoms with Crippen LogP contribution in [0.2, 0.25) is 0 Å². The number of hydrogen-bond acceptors (Lipinski definition) is 6. The van der Waals surface area contributed by atoms with E-state index in [1.54, 1.807) is 36.4 Å². The molecule has 28 heavy (non-hydrogen) atoms. The minimum Gasteiger partial charge on any atom is -0.493 e. The monoisotopic (exact) mass is 384 g/mol. The highest BCUT2D eigenvalue weighted by molar-refractivity contribution is 5.96. The fourth-order valence-corrected chi connectivity index (χ4v) is 2.32. The van der Waals surface area contributed by atoms with Crippen LogP contribution in [0.3, 0.4) is 0 Å². The van der Waals surface area contributed by atoms with Crippen LogP contribution < -0.4 is 30.4 Å². The summed E-state index contributed by atoms with van der Waals surface area (Å²) in [4.78, 5) is 0. The molecule has 0 unspecified atom stereocenters. The van der Waals surface area contributed by atoms with Gasteiger partial charge in [0.15, 0.2) is 23.0 Å². The Morgan fingerprint density at radius 2 is 1.14 bits per heavy atom. The number of nitrogens with one attached hydrogen (secondary N) is 2. The van der Waals surface area contributed by atoms with Gasteiger partial charge in [0.2, 0.25) is 0 Å². The van der Waals surface area contributed by atoms with Gasteiger partial charge in [-0.3, -0.25) is 10.8 Å². The molecule has 0 saturated heterocycles. The number of amidine groups is 2. The van der Waals surface area contributed by atoms with E-state index in [-0.39, 0.29) is 11.7 Å². The first-order valence-electron chi connectivity index (χ1n) is 8.41. The standard InChI is InChI=1S/C20H24N4O4/c1-25-17-11-13(19(21)22)5-7-15(17)27-9-3-4-10-28-16-8-6-14(20(23)24)12-18(16)26-2/h3-8,11-12H,9-10H2,1-2H3,(H3,21,22)(H3,23,24)/b4-3+. The van der Waals surface area contributed by atoms with E-state index in [2.05, 4.69) is 0 Å². The molecule has 2 rings (SSSR count). The summed E-state index contributed by atoms with van der Waals surface area (Å²) in [6, 6.07) is 10.1. The second-order valence-electron chi connectivity index (χ2n) is 5.65. The third-order valence-electron chi connectivity index (χ3n) is 3.79. The number of rotatable bonds is 10. The predicted octanol–water partition coefficient (Wildman–Crippen LogP) is 2.29. The molecule has 2 aromatic carbocycles. The zero-order valence-corrected chi connectivity index (χ0v) is 15.8. The van der Waals surface area contributed by atoms with Crippen molar-refractivity contribution in [1.82, 2.24) is 0 Å². The van der Waals surface area contributed by atoms with E-state index in [1.807, 2.05) is 12.2 Å². The van der Waals surface area contributed by atoms with E-state index in [0.29, 0.717) is 47.3 Å². The Hall–Kier alpha value is -3.68. The summed E-state index contributed by atoms with van der Waals surface area (Å²) in [5.41, 5.74) is 12.1.